The first kappa shape index (κ1) is 18.5. The average molecular weight is 308 g/mol. The molecule has 0 heterocycles. The first-order valence-corrected chi connectivity index (χ1v) is 7.58. The molecule has 22 heavy (non-hydrogen) atoms. The molecule has 0 aliphatic heterocycles. The van der Waals surface area contributed by atoms with Gasteiger partial charge in [-0.1, -0.05) is 29.3 Å². The minimum absolute atomic E-state index is 0.363. The van der Waals surface area contributed by atoms with Gasteiger partial charge in [0.15, 0.2) is 0 Å². The molecule has 0 bridgehead atoms. The topological polar surface area (TPSA) is 84.6 Å². The van der Waals surface area contributed by atoms with E-state index in [0.717, 1.165) is 16.7 Å². The highest BCUT2D eigenvalue weighted by atomic mass is 16.6. The number of carbonyl (C=O) groups excluding carboxylic acids is 1. The SMILES string of the molecule is Cc1cc(C)cc(C(O)C(CCN)NC(=O)OC(C)(C)C)c1. The van der Waals surface area contributed by atoms with Crippen molar-refractivity contribution in [2.75, 3.05) is 6.54 Å². The number of carbonyl (C=O) groups is 1. The van der Waals surface area contributed by atoms with Gasteiger partial charge in [-0.15, -0.1) is 0 Å². The van der Waals surface area contributed by atoms with Crippen molar-refractivity contribution in [3.63, 3.8) is 0 Å². The number of rotatable bonds is 5. The zero-order chi connectivity index (χ0) is 16.9. The second-order valence-corrected chi connectivity index (χ2v) is 6.70. The Hall–Kier alpha value is -1.59. The first-order chi connectivity index (χ1) is 10.1. The maximum Gasteiger partial charge on any atom is 0.407 e. The number of aliphatic hydroxyl groups excluding tert-OH is 1. The zero-order valence-electron chi connectivity index (χ0n) is 14.1. The van der Waals surface area contributed by atoms with Crippen molar-refractivity contribution in [1.82, 2.24) is 5.32 Å². The third-order valence-corrected chi connectivity index (χ3v) is 3.15. The molecular weight excluding hydrogens is 280 g/mol. The molecule has 1 amide bonds. The van der Waals surface area contributed by atoms with E-state index in [0.29, 0.717) is 13.0 Å². The highest BCUT2D eigenvalue weighted by Gasteiger charge is 2.25. The molecular formula is C17H28N2O3. The number of hydrogen-bond donors (Lipinski definition) is 3. The lowest BCUT2D eigenvalue weighted by Gasteiger charge is -2.27. The van der Waals surface area contributed by atoms with Gasteiger partial charge in [0.1, 0.15) is 5.60 Å². The molecule has 5 nitrogen and oxygen atoms in total. The fourth-order valence-electron chi connectivity index (χ4n) is 2.36. The monoisotopic (exact) mass is 308 g/mol. The van der Waals surface area contributed by atoms with Gasteiger partial charge in [-0.05, 0) is 53.1 Å². The molecule has 0 aromatic heterocycles. The Morgan fingerprint density at radius 2 is 1.82 bits per heavy atom. The average Bonchev–Trinajstić information content (AvgIpc) is 2.33. The van der Waals surface area contributed by atoms with Crippen LogP contribution in [0.5, 0.6) is 0 Å². The van der Waals surface area contributed by atoms with Crippen molar-refractivity contribution in [2.45, 2.75) is 58.8 Å². The summed E-state index contributed by atoms with van der Waals surface area (Å²) in [5.41, 5.74) is 7.93. The van der Waals surface area contributed by atoms with Gasteiger partial charge in [0.2, 0.25) is 0 Å². The highest BCUT2D eigenvalue weighted by Crippen LogP contribution is 2.22. The third kappa shape index (κ3) is 6.03. The van der Waals surface area contributed by atoms with Gasteiger partial charge in [0.05, 0.1) is 12.1 Å². The molecule has 1 aromatic carbocycles. The summed E-state index contributed by atoms with van der Waals surface area (Å²) < 4.78 is 5.25. The molecule has 0 saturated heterocycles. The van der Waals surface area contributed by atoms with Crippen LogP contribution in [0.4, 0.5) is 4.79 Å². The Labute approximate surface area is 132 Å². The summed E-state index contributed by atoms with van der Waals surface area (Å²) in [5.74, 6) is 0. The Morgan fingerprint density at radius 1 is 1.27 bits per heavy atom. The predicted molar refractivity (Wildman–Crippen MR) is 87.7 cm³/mol. The van der Waals surface area contributed by atoms with E-state index in [-0.39, 0.29) is 0 Å². The molecule has 1 rings (SSSR count). The lowest BCUT2D eigenvalue weighted by atomic mass is 9.96. The van der Waals surface area contributed by atoms with Crippen LogP contribution in [0.15, 0.2) is 18.2 Å². The van der Waals surface area contributed by atoms with Gasteiger partial charge >= 0.3 is 6.09 Å². The largest absolute Gasteiger partial charge is 0.444 e. The Bertz CT molecular complexity index is 489. The highest BCUT2D eigenvalue weighted by molar-refractivity contribution is 5.68. The van der Waals surface area contributed by atoms with Crippen LogP contribution in [0.3, 0.4) is 0 Å². The van der Waals surface area contributed by atoms with E-state index in [2.05, 4.69) is 5.32 Å². The van der Waals surface area contributed by atoms with Gasteiger partial charge in [-0.3, -0.25) is 0 Å². The lowest BCUT2D eigenvalue weighted by molar-refractivity contribution is 0.0415. The van der Waals surface area contributed by atoms with Gasteiger partial charge < -0.3 is 20.9 Å². The Morgan fingerprint density at radius 3 is 2.27 bits per heavy atom. The van der Waals surface area contributed by atoms with E-state index in [9.17, 15) is 9.90 Å². The van der Waals surface area contributed by atoms with Crippen LogP contribution in [0.1, 0.15) is 50.0 Å². The molecule has 0 aliphatic rings. The van der Waals surface area contributed by atoms with E-state index in [1.165, 1.54) is 0 Å². The van der Waals surface area contributed by atoms with Crippen LogP contribution < -0.4 is 11.1 Å². The number of hydrogen-bond acceptors (Lipinski definition) is 4. The first-order valence-electron chi connectivity index (χ1n) is 7.58. The maximum absolute atomic E-state index is 11.9. The predicted octanol–water partition coefficient (Wildman–Crippen LogP) is 2.58. The summed E-state index contributed by atoms with van der Waals surface area (Å²) in [5, 5.41) is 13.3. The molecule has 0 spiro atoms. The molecule has 5 heteroatoms. The number of aliphatic hydroxyl groups is 1. The molecule has 0 radical (unpaired) electrons. The third-order valence-electron chi connectivity index (χ3n) is 3.15. The molecule has 0 aliphatic carbocycles. The van der Waals surface area contributed by atoms with Crippen LogP contribution in [0, 0.1) is 13.8 Å². The van der Waals surface area contributed by atoms with Crippen molar-refractivity contribution >= 4 is 6.09 Å². The normalized spacial score (nSPS) is 14.3. The van der Waals surface area contributed by atoms with E-state index in [1.807, 2.05) is 32.0 Å². The number of nitrogens with one attached hydrogen (secondary N) is 1. The number of aryl methyl sites for hydroxylation is 2. The quantitative estimate of drug-likeness (QED) is 0.780. The molecule has 0 saturated carbocycles. The molecule has 2 unspecified atom stereocenters. The van der Waals surface area contributed by atoms with Gasteiger partial charge in [0, 0.05) is 0 Å². The van der Waals surface area contributed by atoms with E-state index >= 15 is 0 Å². The number of amides is 1. The summed E-state index contributed by atoms with van der Waals surface area (Å²) in [6.45, 7) is 9.70. The lowest BCUT2D eigenvalue weighted by Crippen LogP contribution is -2.43. The second kappa shape index (κ2) is 7.61. The zero-order valence-corrected chi connectivity index (χ0v) is 14.1. The van der Waals surface area contributed by atoms with Gasteiger partial charge in [0.25, 0.3) is 0 Å². The second-order valence-electron chi connectivity index (χ2n) is 6.70. The minimum Gasteiger partial charge on any atom is -0.444 e. The standard InChI is InChI=1S/C17H28N2O3/c1-11-8-12(2)10-13(9-11)15(20)14(6-7-18)19-16(21)22-17(3,4)5/h8-10,14-15,20H,6-7,18H2,1-5H3,(H,19,21). The number of ether oxygens (including phenoxy) is 1. The number of alkyl carbamates (subject to hydrolysis) is 1. The van der Waals surface area contributed by atoms with Crippen LogP contribution >= 0.6 is 0 Å². The van der Waals surface area contributed by atoms with Crippen molar-refractivity contribution in [3.05, 3.63) is 34.9 Å². The fourth-order valence-corrected chi connectivity index (χ4v) is 2.36. The van der Waals surface area contributed by atoms with Crippen molar-refractivity contribution < 1.29 is 14.6 Å². The molecule has 2 atom stereocenters. The molecule has 124 valence electrons. The van der Waals surface area contributed by atoms with Crippen molar-refractivity contribution in [2.24, 2.45) is 5.73 Å². The maximum atomic E-state index is 11.9. The Balaban J connectivity index is 2.87. The summed E-state index contributed by atoms with van der Waals surface area (Å²) in [6, 6.07) is 5.38. The van der Waals surface area contributed by atoms with Crippen molar-refractivity contribution in [3.8, 4) is 0 Å². The van der Waals surface area contributed by atoms with E-state index in [4.69, 9.17) is 10.5 Å². The van der Waals surface area contributed by atoms with Crippen LogP contribution in [0.25, 0.3) is 0 Å². The van der Waals surface area contributed by atoms with Crippen LogP contribution in [0.2, 0.25) is 0 Å². The van der Waals surface area contributed by atoms with Gasteiger partial charge in [-0.2, -0.15) is 0 Å². The number of nitrogens with two attached hydrogens (primary N) is 1. The number of benzene rings is 1. The summed E-state index contributed by atoms with van der Waals surface area (Å²) >= 11 is 0. The minimum atomic E-state index is -0.824. The van der Waals surface area contributed by atoms with Crippen molar-refractivity contribution in [1.29, 1.82) is 0 Å². The van der Waals surface area contributed by atoms with Crippen LogP contribution in [-0.2, 0) is 4.74 Å². The smallest absolute Gasteiger partial charge is 0.407 e. The summed E-state index contributed by atoms with van der Waals surface area (Å²) in [4.78, 5) is 11.9. The van der Waals surface area contributed by atoms with E-state index in [1.54, 1.807) is 20.8 Å². The van der Waals surface area contributed by atoms with E-state index < -0.39 is 23.8 Å². The summed E-state index contributed by atoms with van der Waals surface area (Å²) in [6.07, 6.45) is -0.906. The molecule has 4 N–H and O–H groups in total. The Kier molecular flexibility index (Phi) is 6.38. The van der Waals surface area contributed by atoms with Gasteiger partial charge in [-0.25, -0.2) is 4.79 Å². The molecule has 1 aromatic rings. The summed E-state index contributed by atoms with van der Waals surface area (Å²) in [7, 11) is 0. The molecule has 0 fully saturated rings. The fraction of sp³-hybridized carbons (Fsp3) is 0.588. The van der Waals surface area contributed by atoms with Crippen LogP contribution in [-0.4, -0.2) is 29.4 Å².